The number of fused-ring (bicyclic) bond motifs is 1. The Labute approximate surface area is 125 Å². The van der Waals surface area contributed by atoms with Gasteiger partial charge in [0.15, 0.2) is 5.82 Å². The normalized spacial score (nSPS) is 18.4. The van der Waals surface area contributed by atoms with E-state index in [1.54, 1.807) is 7.05 Å². The van der Waals surface area contributed by atoms with Crippen LogP contribution in [0.15, 0.2) is 24.3 Å². The summed E-state index contributed by atoms with van der Waals surface area (Å²) in [6.45, 7) is 4.89. The molecule has 112 valence electrons. The van der Waals surface area contributed by atoms with E-state index in [1.807, 2.05) is 0 Å². The number of tetrazole rings is 1. The van der Waals surface area contributed by atoms with Gasteiger partial charge >= 0.3 is 0 Å². The number of aromatic nitrogens is 4. The lowest BCUT2D eigenvalue weighted by molar-refractivity contribution is 0.510. The van der Waals surface area contributed by atoms with Crippen molar-refractivity contribution >= 4 is 5.69 Å². The van der Waals surface area contributed by atoms with Crippen LogP contribution >= 0.6 is 0 Å². The molecule has 6 heteroatoms. The molecule has 0 amide bonds. The summed E-state index contributed by atoms with van der Waals surface area (Å²) in [4.78, 5) is 3.88. The monoisotopic (exact) mass is 286 g/mol. The summed E-state index contributed by atoms with van der Waals surface area (Å²) in [5.74, 6) is 0.772. The third-order valence-corrected chi connectivity index (χ3v) is 3.91. The van der Waals surface area contributed by atoms with Crippen LogP contribution in [0.25, 0.3) is 0 Å². The fourth-order valence-corrected chi connectivity index (χ4v) is 3.01. The quantitative estimate of drug-likeness (QED) is 0.926. The van der Waals surface area contributed by atoms with Crippen molar-refractivity contribution in [2.75, 3.05) is 18.0 Å². The zero-order valence-corrected chi connectivity index (χ0v) is 12.7. The van der Waals surface area contributed by atoms with Crippen LogP contribution in [-0.2, 0) is 13.6 Å². The first-order valence-corrected chi connectivity index (χ1v) is 7.58. The molecule has 3 rings (SSSR count). The van der Waals surface area contributed by atoms with Gasteiger partial charge < -0.3 is 10.2 Å². The van der Waals surface area contributed by atoms with E-state index in [9.17, 15) is 0 Å². The predicted octanol–water partition coefficient (Wildman–Crippen LogP) is 1.66. The molecule has 0 fully saturated rings. The number of nitrogens with one attached hydrogen (secondary N) is 1. The van der Waals surface area contributed by atoms with Crippen LogP contribution in [0.2, 0.25) is 0 Å². The molecule has 1 aliphatic heterocycles. The van der Waals surface area contributed by atoms with Crippen LogP contribution in [0.3, 0.4) is 0 Å². The zero-order chi connectivity index (χ0) is 14.7. The maximum Gasteiger partial charge on any atom is 0.193 e. The molecule has 2 heterocycles. The maximum absolute atomic E-state index is 4.30. The summed E-state index contributed by atoms with van der Waals surface area (Å²) < 4.78 is 0. The minimum atomic E-state index is 0.436. The van der Waals surface area contributed by atoms with E-state index in [0.29, 0.717) is 12.6 Å². The van der Waals surface area contributed by atoms with Gasteiger partial charge in [0, 0.05) is 18.3 Å². The van der Waals surface area contributed by atoms with Gasteiger partial charge in [-0.3, -0.25) is 0 Å². The summed E-state index contributed by atoms with van der Waals surface area (Å²) >= 11 is 0. The van der Waals surface area contributed by atoms with Gasteiger partial charge in [-0.15, -0.1) is 10.2 Å². The Bertz CT molecular complexity index is 593. The molecule has 2 aromatic rings. The molecule has 21 heavy (non-hydrogen) atoms. The van der Waals surface area contributed by atoms with E-state index in [2.05, 4.69) is 56.8 Å². The van der Waals surface area contributed by atoms with Gasteiger partial charge in [0.05, 0.1) is 13.6 Å². The molecule has 1 atom stereocenters. The lowest BCUT2D eigenvalue weighted by Crippen LogP contribution is -2.24. The van der Waals surface area contributed by atoms with Crippen LogP contribution in [0.5, 0.6) is 0 Å². The van der Waals surface area contributed by atoms with Crippen molar-refractivity contribution in [3.63, 3.8) is 0 Å². The summed E-state index contributed by atoms with van der Waals surface area (Å²) in [7, 11) is 1.80. The lowest BCUT2D eigenvalue weighted by Gasteiger charge is -2.24. The van der Waals surface area contributed by atoms with Crippen LogP contribution in [0.4, 0.5) is 5.69 Å². The molecule has 1 unspecified atom stereocenters. The van der Waals surface area contributed by atoms with Crippen molar-refractivity contribution in [1.29, 1.82) is 0 Å². The average molecular weight is 286 g/mol. The van der Waals surface area contributed by atoms with Gasteiger partial charge in [-0.1, -0.05) is 25.1 Å². The average Bonchev–Trinajstić information content (AvgIpc) is 2.82. The second kappa shape index (κ2) is 6.22. The first-order chi connectivity index (χ1) is 10.3. The number of hydrogen-bond acceptors (Lipinski definition) is 5. The smallest absolute Gasteiger partial charge is 0.193 e. The molecule has 0 aliphatic carbocycles. The first kappa shape index (κ1) is 14.0. The Morgan fingerprint density at radius 3 is 2.95 bits per heavy atom. The van der Waals surface area contributed by atoms with Gasteiger partial charge in [0.2, 0.25) is 0 Å². The molecule has 1 aromatic carbocycles. The molecule has 0 saturated heterocycles. The van der Waals surface area contributed by atoms with Crippen molar-refractivity contribution in [3.8, 4) is 0 Å². The summed E-state index contributed by atoms with van der Waals surface area (Å²) in [6, 6.07) is 9.08. The highest BCUT2D eigenvalue weighted by atomic mass is 15.6. The van der Waals surface area contributed by atoms with Gasteiger partial charge in [-0.25, -0.2) is 0 Å². The SMILES string of the molecule is CCNC1CCCN(Cc2nnn(C)n2)c2ccccc21. The number of anilines is 1. The van der Waals surface area contributed by atoms with Crippen molar-refractivity contribution < 1.29 is 0 Å². The second-order valence-corrected chi connectivity index (χ2v) is 5.43. The fourth-order valence-electron chi connectivity index (χ4n) is 3.01. The van der Waals surface area contributed by atoms with E-state index in [4.69, 9.17) is 0 Å². The van der Waals surface area contributed by atoms with E-state index in [-0.39, 0.29) is 0 Å². The molecule has 0 spiro atoms. The third kappa shape index (κ3) is 3.05. The first-order valence-electron chi connectivity index (χ1n) is 7.58. The Balaban J connectivity index is 1.88. The minimum Gasteiger partial charge on any atom is -0.364 e. The van der Waals surface area contributed by atoms with E-state index >= 15 is 0 Å². The van der Waals surface area contributed by atoms with E-state index in [0.717, 1.165) is 31.8 Å². The van der Waals surface area contributed by atoms with Crippen LogP contribution < -0.4 is 10.2 Å². The Morgan fingerprint density at radius 1 is 1.33 bits per heavy atom. The standard InChI is InChI=1S/C15H22N6/c1-3-16-13-8-6-10-21(11-15-17-19-20(2)18-15)14-9-5-4-7-12(13)14/h4-5,7,9,13,16H,3,6,8,10-11H2,1-2H3. The van der Waals surface area contributed by atoms with Crippen molar-refractivity contribution in [2.24, 2.45) is 7.05 Å². The lowest BCUT2D eigenvalue weighted by atomic mass is 10.0. The number of benzene rings is 1. The van der Waals surface area contributed by atoms with Crippen LogP contribution in [0.1, 0.15) is 37.2 Å². The fraction of sp³-hybridized carbons (Fsp3) is 0.533. The summed E-state index contributed by atoms with van der Waals surface area (Å²) in [6.07, 6.45) is 2.32. The van der Waals surface area contributed by atoms with Crippen molar-refractivity contribution in [3.05, 3.63) is 35.7 Å². The molecule has 0 bridgehead atoms. The Hall–Kier alpha value is -1.95. The van der Waals surface area contributed by atoms with E-state index < -0.39 is 0 Å². The van der Waals surface area contributed by atoms with Crippen LogP contribution in [0, 0.1) is 0 Å². The Kier molecular flexibility index (Phi) is 4.15. The number of para-hydroxylation sites is 1. The number of rotatable bonds is 4. The van der Waals surface area contributed by atoms with Gasteiger partial charge in [0.25, 0.3) is 0 Å². The summed E-state index contributed by atoms with van der Waals surface area (Å²) in [5, 5.41) is 15.9. The Morgan fingerprint density at radius 2 is 2.19 bits per heavy atom. The molecule has 0 saturated carbocycles. The zero-order valence-electron chi connectivity index (χ0n) is 12.7. The molecule has 6 nitrogen and oxygen atoms in total. The molecule has 1 aliphatic rings. The molecular weight excluding hydrogens is 264 g/mol. The van der Waals surface area contributed by atoms with Gasteiger partial charge in [0.1, 0.15) is 0 Å². The maximum atomic E-state index is 4.30. The molecular formula is C15H22N6. The van der Waals surface area contributed by atoms with Crippen molar-refractivity contribution in [2.45, 2.75) is 32.4 Å². The van der Waals surface area contributed by atoms with Gasteiger partial charge in [-0.2, -0.15) is 4.80 Å². The number of aryl methyl sites for hydroxylation is 1. The van der Waals surface area contributed by atoms with E-state index in [1.165, 1.54) is 16.0 Å². The topological polar surface area (TPSA) is 58.9 Å². The minimum absolute atomic E-state index is 0.436. The highest BCUT2D eigenvalue weighted by Gasteiger charge is 2.22. The van der Waals surface area contributed by atoms with Gasteiger partial charge in [-0.05, 0) is 36.2 Å². The largest absolute Gasteiger partial charge is 0.364 e. The molecule has 0 radical (unpaired) electrons. The second-order valence-electron chi connectivity index (χ2n) is 5.43. The summed E-state index contributed by atoms with van der Waals surface area (Å²) in [5.41, 5.74) is 2.66. The van der Waals surface area contributed by atoms with Crippen molar-refractivity contribution in [1.82, 2.24) is 25.5 Å². The van der Waals surface area contributed by atoms with Crippen LogP contribution in [-0.4, -0.2) is 33.3 Å². The molecule has 1 N–H and O–H groups in total. The number of hydrogen-bond donors (Lipinski definition) is 1. The predicted molar refractivity (Wildman–Crippen MR) is 81.9 cm³/mol. The number of nitrogens with zero attached hydrogens (tertiary/aromatic N) is 5. The molecule has 1 aromatic heterocycles. The highest BCUT2D eigenvalue weighted by molar-refractivity contribution is 5.55. The highest BCUT2D eigenvalue weighted by Crippen LogP contribution is 2.33. The third-order valence-electron chi connectivity index (χ3n) is 3.91.